The van der Waals surface area contributed by atoms with Crippen molar-refractivity contribution in [1.82, 2.24) is 0 Å². The third-order valence-electron chi connectivity index (χ3n) is 1.53. The molecule has 64 valence electrons. The van der Waals surface area contributed by atoms with Gasteiger partial charge in [0.25, 0.3) is 0 Å². The van der Waals surface area contributed by atoms with E-state index < -0.39 is 0 Å². The van der Waals surface area contributed by atoms with Crippen molar-refractivity contribution in [2.75, 3.05) is 12.3 Å². The molecule has 0 radical (unpaired) electrons. The molecule has 1 aromatic rings. The highest BCUT2D eigenvalue weighted by molar-refractivity contribution is 5.62. The molecule has 0 aliphatic heterocycles. The Bertz CT molecular complexity index is 404. The van der Waals surface area contributed by atoms with Gasteiger partial charge in [0, 0.05) is 5.56 Å². The lowest BCUT2D eigenvalue weighted by molar-refractivity contribution is 1.30. The lowest BCUT2D eigenvalue weighted by Gasteiger charge is -1.98. The fourth-order valence-corrected chi connectivity index (χ4v) is 0.945. The van der Waals surface area contributed by atoms with Crippen molar-refractivity contribution in [3.05, 3.63) is 29.3 Å². The molecule has 13 heavy (non-hydrogen) atoms. The van der Waals surface area contributed by atoms with E-state index in [1.165, 1.54) is 0 Å². The molecule has 0 heterocycles. The Balaban J connectivity index is 3.22. The zero-order valence-corrected chi connectivity index (χ0v) is 7.04. The van der Waals surface area contributed by atoms with E-state index in [9.17, 15) is 0 Å². The zero-order valence-electron chi connectivity index (χ0n) is 7.04. The van der Waals surface area contributed by atoms with E-state index in [4.69, 9.17) is 16.7 Å². The number of hydrogen-bond acceptors (Lipinski definition) is 3. The van der Waals surface area contributed by atoms with E-state index in [0.29, 0.717) is 16.8 Å². The van der Waals surface area contributed by atoms with Gasteiger partial charge < -0.3 is 11.5 Å². The Morgan fingerprint density at radius 3 is 2.77 bits per heavy atom. The van der Waals surface area contributed by atoms with Crippen LogP contribution in [0.25, 0.3) is 0 Å². The molecule has 0 bridgehead atoms. The molecule has 1 rings (SSSR count). The number of rotatable bonds is 0. The molecule has 3 heteroatoms. The average Bonchev–Trinajstić information content (AvgIpc) is 2.15. The van der Waals surface area contributed by atoms with E-state index in [-0.39, 0.29) is 6.54 Å². The standard InChI is InChI=1S/C10H9N3/c11-6-2-4-8-3-1-5-10(13)9(8)7-12/h1,3,5H,6,11,13H2. The number of nitrogen functional groups attached to an aromatic ring is 1. The largest absolute Gasteiger partial charge is 0.398 e. The van der Waals surface area contributed by atoms with Crippen LogP contribution in [-0.4, -0.2) is 6.54 Å². The average molecular weight is 171 g/mol. The van der Waals surface area contributed by atoms with Crippen LogP contribution in [0.5, 0.6) is 0 Å². The summed E-state index contributed by atoms with van der Waals surface area (Å²) in [4.78, 5) is 0. The molecular weight excluding hydrogens is 162 g/mol. The number of hydrogen-bond donors (Lipinski definition) is 2. The highest BCUT2D eigenvalue weighted by Crippen LogP contribution is 2.14. The second kappa shape index (κ2) is 4.15. The third kappa shape index (κ3) is 1.99. The smallest absolute Gasteiger partial charge is 0.103 e. The fourth-order valence-electron chi connectivity index (χ4n) is 0.945. The molecule has 3 nitrogen and oxygen atoms in total. The summed E-state index contributed by atoms with van der Waals surface area (Å²) in [6.07, 6.45) is 0. The number of benzene rings is 1. The molecule has 0 saturated heterocycles. The minimum Gasteiger partial charge on any atom is -0.398 e. The Hall–Kier alpha value is -1.97. The topological polar surface area (TPSA) is 75.8 Å². The van der Waals surface area contributed by atoms with Gasteiger partial charge in [-0.15, -0.1) is 0 Å². The predicted octanol–water partition coefficient (Wildman–Crippen LogP) is 0.451. The van der Waals surface area contributed by atoms with Crippen LogP contribution >= 0.6 is 0 Å². The van der Waals surface area contributed by atoms with Crippen LogP contribution in [0.4, 0.5) is 5.69 Å². The molecule has 0 aliphatic rings. The lowest BCUT2D eigenvalue weighted by Crippen LogP contribution is -1.95. The van der Waals surface area contributed by atoms with Crippen molar-refractivity contribution < 1.29 is 0 Å². The van der Waals surface area contributed by atoms with Gasteiger partial charge in [0.15, 0.2) is 0 Å². The van der Waals surface area contributed by atoms with Crippen LogP contribution in [0.15, 0.2) is 18.2 Å². The van der Waals surface area contributed by atoms with Crippen molar-refractivity contribution in [1.29, 1.82) is 5.26 Å². The van der Waals surface area contributed by atoms with Gasteiger partial charge in [0.1, 0.15) is 6.07 Å². The number of nitriles is 1. The van der Waals surface area contributed by atoms with Gasteiger partial charge in [-0.05, 0) is 12.1 Å². The van der Waals surface area contributed by atoms with Gasteiger partial charge >= 0.3 is 0 Å². The van der Waals surface area contributed by atoms with E-state index in [2.05, 4.69) is 11.8 Å². The molecule has 4 N–H and O–H groups in total. The summed E-state index contributed by atoms with van der Waals surface area (Å²) in [5, 5.41) is 8.77. The Labute approximate surface area is 77.0 Å². The first-order valence-electron chi connectivity index (χ1n) is 3.77. The molecule has 0 fully saturated rings. The second-order valence-corrected chi connectivity index (χ2v) is 2.39. The molecule has 0 aliphatic carbocycles. The van der Waals surface area contributed by atoms with Crippen LogP contribution in [0.2, 0.25) is 0 Å². The maximum Gasteiger partial charge on any atom is 0.103 e. The molecule has 0 amide bonds. The SMILES string of the molecule is N#Cc1c(N)cccc1C#CCN. The zero-order chi connectivity index (χ0) is 9.68. The summed E-state index contributed by atoms with van der Waals surface area (Å²) >= 11 is 0. The first kappa shape index (κ1) is 9.12. The first-order valence-corrected chi connectivity index (χ1v) is 3.77. The van der Waals surface area contributed by atoms with Gasteiger partial charge in [-0.1, -0.05) is 17.9 Å². The van der Waals surface area contributed by atoms with Crippen molar-refractivity contribution in [3.8, 4) is 17.9 Å². The van der Waals surface area contributed by atoms with Crippen LogP contribution in [0.1, 0.15) is 11.1 Å². The van der Waals surface area contributed by atoms with E-state index >= 15 is 0 Å². The van der Waals surface area contributed by atoms with E-state index in [1.807, 2.05) is 6.07 Å². The summed E-state index contributed by atoms with van der Waals surface area (Å²) in [5.41, 5.74) is 12.3. The normalized spacial score (nSPS) is 8.31. The highest BCUT2D eigenvalue weighted by Gasteiger charge is 2.01. The Morgan fingerprint density at radius 1 is 1.38 bits per heavy atom. The van der Waals surface area contributed by atoms with Gasteiger partial charge in [-0.25, -0.2) is 0 Å². The van der Waals surface area contributed by atoms with Gasteiger partial charge in [-0.2, -0.15) is 5.26 Å². The molecule has 0 saturated carbocycles. The second-order valence-electron chi connectivity index (χ2n) is 2.39. The third-order valence-corrected chi connectivity index (χ3v) is 1.53. The van der Waals surface area contributed by atoms with Crippen LogP contribution in [0.3, 0.4) is 0 Å². The predicted molar refractivity (Wildman–Crippen MR) is 51.5 cm³/mol. The fraction of sp³-hybridized carbons (Fsp3) is 0.100. The molecule has 1 aromatic carbocycles. The molecule has 0 atom stereocenters. The van der Waals surface area contributed by atoms with E-state index in [1.54, 1.807) is 18.2 Å². The summed E-state index contributed by atoms with van der Waals surface area (Å²) in [5.74, 6) is 5.46. The maximum atomic E-state index is 8.77. The maximum absolute atomic E-state index is 8.77. The monoisotopic (exact) mass is 171 g/mol. The molecule has 0 aromatic heterocycles. The van der Waals surface area contributed by atoms with Gasteiger partial charge in [-0.3, -0.25) is 0 Å². The van der Waals surface area contributed by atoms with Crippen LogP contribution in [-0.2, 0) is 0 Å². The molecular formula is C10H9N3. The minimum atomic E-state index is 0.277. The Morgan fingerprint density at radius 2 is 2.15 bits per heavy atom. The summed E-state index contributed by atoms with van der Waals surface area (Å²) in [7, 11) is 0. The van der Waals surface area contributed by atoms with Crippen LogP contribution in [0, 0.1) is 23.2 Å². The van der Waals surface area contributed by atoms with Crippen LogP contribution < -0.4 is 11.5 Å². The highest BCUT2D eigenvalue weighted by atomic mass is 14.6. The summed E-state index contributed by atoms with van der Waals surface area (Å²) in [6.45, 7) is 0.277. The number of nitrogens with two attached hydrogens (primary N) is 2. The summed E-state index contributed by atoms with van der Waals surface area (Å²) < 4.78 is 0. The lowest BCUT2D eigenvalue weighted by atomic mass is 10.1. The number of nitrogens with zero attached hydrogens (tertiary/aromatic N) is 1. The van der Waals surface area contributed by atoms with Gasteiger partial charge in [0.05, 0.1) is 17.8 Å². The molecule has 0 unspecified atom stereocenters. The quantitative estimate of drug-likeness (QED) is 0.439. The van der Waals surface area contributed by atoms with Crippen molar-refractivity contribution in [2.45, 2.75) is 0 Å². The summed E-state index contributed by atoms with van der Waals surface area (Å²) in [6, 6.07) is 7.19. The molecule has 0 spiro atoms. The van der Waals surface area contributed by atoms with Crippen molar-refractivity contribution >= 4 is 5.69 Å². The Kier molecular flexibility index (Phi) is 2.92. The first-order chi connectivity index (χ1) is 6.29. The van der Waals surface area contributed by atoms with Gasteiger partial charge in [0.2, 0.25) is 0 Å². The van der Waals surface area contributed by atoms with Crippen molar-refractivity contribution in [3.63, 3.8) is 0 Å². The number of anilines is 1. The minimum absolute atomic E-state index is 0.277. The van der Waals surface area contributed by atoms with E-state index in [0.717, 1.165) is 0 Å². The van der Waals surface area contributed by atoms with Crippen molar-refractivity contribution in [2.24, 2.45) is 5.73 Å².